The molecule has 1 aliphatic carbocycles. The second kappa shape index (κ2) is 5.72. The summed E-state index contributed by atoms with van der Waals surface area (Å²) >= 11 is 0. The van der Waals surface area contributed by atoms with E-state index in [0.29, 0.717) is 26.0 Å². The lowest BCUT2D eigenvalue weighted by molar-refractivity contribution is -0.142. The molecule has 1 fully saturated rings. The summed E-state index contributed by atoms with van der Waals surface area (Å²) in [5, 5.41) is 11.8. The molecule has 0 radical (unpaired) electrons. The third kappa shape index (κ3) is 4.30. The van der Waals surface area contributed by atoms with Gasteiger partial charge >= 0.3 is 5.97 Å². The summed E-state index contributed by atoms with van der Waals surface area (Å²) in [7, 11) is 0. The molecule has 15 heavy (non-hydrogen) atoms. The quantitative estimate of drug-likeness (QED) is 0.507. The molecule has 0 aromatic rings. The summed E-state index contributed by atoms with van der Waals surface area (Å²) in [6, 6.07) is 2.21. The molecule has 1 N–H and O–H groups in total. The Bertz CT molecular complexity index is 254. The Morgan fingerprint density at radius 1 is 1.60 bits per heavy atom. The summed E-state index contributed by atoms with van der Waals surface area (Å²) in [6.07, 6.45) is 3.30. The van der Waals surface area contributed by atoms with Gasteiger partial charge in [-0.05, 0) is 25.2 Å². The van der Waals surface area contributed by atoms with Gasteiger partial charge < -0.3 is 10.1 Å². The van der Waals surface area contributed by atoms with Gasteiger partial charge in [0.1, 0.15) is 0 Å². The van der Waals surface area contributed by atoms with E-state index in [9.17, 15) is 4.79 Å². The van der Waals surface area contributed by atoms with Crippen LogP contribution in [0.15, 0.2) is 0 Å². The molecular formula is C11H18N2O2. The lowest BCUT2D eigenvalue weighted by Gasteiger charge is -2.11. The van der Waals surface area contributed by atoms with Gasteiger partial charge in [0, 0.05) is 19.5 Å². The molecule has 1 saturated carbocycles. The van der Waals surface area contributed by atoms with Crippen LogP contribution in [0, 0.1) is 16.7 Å². The fourth-order valence-corrected chi connectivity index (χ4v) is 1.54. The van der Waals surface area contributed by atoms with Crippen molar-refractivity contribution in [2.45, 2.75) is 32.6 Å². The van der Waals surface area contributed by atoms with Crippen LogP contribution in [-0.2, 0) is 9.53 Å². The van der Waals surface area contributed by atoms with Gasteiger partial charge in [-0.2, -0.15) is 5.26 Å². The highest BCUT2D eigenvalue weighted by Gasteiger charge is 2.41. The highest BCUT2D eigenvalue weighted by Crippen LogP contribution is 2.47. The van der Waals surface area contributed by atoms with Crippen molar-refractivity contribution in [3.05, 3.63) is 0 Å². The van der Waals surface area contributed by atoms with E-state index in [-0.39, 0.29) is 11.4 Å². The standard InChI is InChI=1S/C11H18N2O2/c1-2-15-10(14)3-8-13-9-11(4-5-11)6-7-12/h13H,2-6,8-9H2,1H3. The molecule has 0 saturated heterocycles. The SMILES string of the molecule is CCOC(=O)CCNCC1(CC#N)CC1. The smallest absolute Gasteiger partial charge is 0.307 e. The molecule has 0 amide bonds. The number of hydrogen-bond donors (Lipinski definition) is 1. The number of nitrogens with one attached hydrogen (secondary N) is 1. The molecule has 0 heterocycles. The largest absolute Gasteiger partial charge is 0.466 e. The highest BCUT2D eigenvalue weighted by atomic mass is 16.5. The Hall–Kier alpha value is -1.08. The number of ether oxygens (including phenoxy) is 1. The van der Waals surface area contributed by atoms with Crippen molar-refractivity contribution in [2.75, 3.05) is 19.7 Å². The van der Waals surface area contributed by atoms with Gasteiger partial charge in [0.05, 0.1) is 19.1 Å². The van der Waals surface area contributed by atoms with E-state index < -0.39 is 0 Å². The Balaban J connectivity index is 2.02. The van der Waals surface area contributed by atoms with Gasteiger partial charge in [-0.1, -0.05) is 0 Å². The van der Waals surface area contributed by atoms with Gasteiger partial charge in [0.2, 0.25) is 0 Å². The molecule has 0 spiro atoms. The third-order valence-corrected chi connectivity index (χ3v) is 2.72. The van der Waals surface area contributed by atoms with E-state index in [4.69, 9.17) is 10.00 Å². The molecule has 1 aliphatic rings. The van der Waals surface area contributed by atoms with E-state index >= 15 is 0 Å². The number of esters is 1. The zero-order chi connectivity index (χ0) is 11.1. The minimum Gasteiger partial charge on any atom is -0.466 e. The zero-order valence-electron chi connectivity index (χ0n) is 9.21. The Labute approximate surface area is 90.6 Å². The molecule has 0 aromatic heterocycles. The topological polar surface area (TPSA) is 62.1 Å². The second-order valence-corrected chi connectivity index (χ2v) is 4.07. The monoisotopic (exact) mass is 210 g/mol. The average molecular weight is 210 g/mol. The van der Waals surface area contributed by atoms with E-state index in [1.807, 2.05) is 0 Å². The summed E-state index contributed by atoms with van der Waals surface area (Å²) in [5.74, 6) is -0.157. The van der Waals surface area contributed by atoms with Crippen LogP contribution in [-0.4, -0.2) is 25.7 Å². The summed E-state index contributed by atoms with van der Waals surface area (Å²) in [5.41, 5.74) is 0.212. The van der Waals surface area contributed by atoms with Crippen LogP contribution in [0.1, 0.15) is 32.6 Å². The number of carbonyl (C=O) groups is 1. The molecule has 0 bridgehead atoms. The number of hydrogen-bond acceptors (Lipinski definition) is 4. The first-order chi connectivity index (χ1) is 7.22. The minimum atomic E-state index is -0.157. The molecule has 0 aromatic carbocycles. The first-order valence-corrected chi connectivity index (χ1v) is 5.46. The number of carbonyl (C=O) groups excluding carboxylic acids is 1. The highest BCUT2D eigenvalue weighted by molar-refractivity contribution is 5.69. The molecule has 0 atom stereocenters. The van der Waals surface area contributed by atoms with E-state index in [2.05, 4.69) is 11.4 Å². The first kappa shape index (κ1) is 12.0. The summed E-state index contributed by atoms with van der Waals surface area (Å²) in [4.78, 5) is 11.0. The maximum atomic E-state index is 11.0. The van der Waals surface area contributed by atoms with Gasteiger partial charge in [0.15, 0.2) is 0 Å². The van der Waals surface area contributed by atoms with Crippen molar-refractivity contribution >= 4 is 5.97 Å². The Morgan fingerprint density at radius 3 is 2.87 bits per heavy atom. The summed E-state index contributed by atoms with van der Waals surface area (Å²) in [6.45, 7) is 3.74. The first-order valence-electron chi connectivity index (χ1n) is 5.46. The van der Waals surface area contributed by atoms with Crippen LogP contribution in [0.2, 0.25) is 0 Å². The van der Waals surface area contributed by atoms with Crippen molar-refractivity contribution in [2.24, 2.45) is 5.41 Å². The predicted molar refractivity (Wildman–Crippen MR) is 56.0 cm³/mol. The van der Waals surface area contributed by atoms with Crippen molar-refractivity contribution in [1.29, 1.82) is 5.26 Å². The van der Waals surface area contributed by atoms with Crippen molar-refractivity contribution < 1.29 is 9.53 Å². The fourth-order valence-electron chi connectivity index (χ4n) is 1.54. The minimum absolute atomic E-state index is 0.157. The normalized spacial score (nSPS) is 16.8. The predicted octanol–water partition coefficient (Wildman–Crippen LogP) is 1.22. The van der Waals surface area contributed by atoms with Crippen LogP contribution in [0.25, 0.3) is 0 Å². The number of rotatable bonds is 7. The lowest BCUT2D eigenvalue weighted by Crippen LogP contribution is -2.26. The summed E-state index contributed by atoms with van der Waals surface area (Å²) < 4.78 is 4.81. The maximum Gasteiger partial charge on any atom is 0.307 e. The molecule has 0 unspecified atom stereocenters. The van der Waals surface area contributed by atoms with Crippen LogP contribution < -0.4 is 5.32 Å². The molecular weight excluding hydrogens is 192 g/mol. The second-order valence-electron chi connectivity index (χ2n) is 4.07. The number of nitrogens with zero attached hydrogens (tertiary/aromatic N) is 1. The molecule has 4 nitrogen and oxygen atoms in total. The third-order valence-electron chi connectivity index (χ3n) is 2.72. The van der Waals surface area contributed by atoms with Crippen molar-refractivity contribution in [3.8, 4) is 6.07 Å². The van der Waals surface area contributed by atoms with Crippen LogP contribution >= 0.6 is 0 Å². The van der Waals surface area contributed by atoms with E-state index in [0.717, 1.165) is 19.4 Å². The zero-order valence-corrected chi connectivity index (χ0v) is 9.21. The lowest BCUT2D eigenvalue weighted by atomic mass is 10.0. The van der Waals surface area contributed by atoms with Gasteiger partial charge in [-0.25, -0.2) is 0 Å². The Morgan fingerprint density at radius 2 is 2.33 bits per heavy atom. The maximum absolute atomic E-state index is 11.0. The van der Waals surface area contributed by atoms with Crippen LogP contribution in [0.5, 0.6) is 0 Å². The van der Waals surface area contributed by atoms with Crippen LogP contribution in [0.4, 0.5) is 0 Å². The van der Waals surface area contributed by atoms with Crippen molar-refractivity contribution in [1.82, 2.24) is 5.32 Å². The van der Waals surface area contributed by atoms with Gasteiger partial charge in [0.25, 0.3) is 0 Å². The average Bonchev–Trinajstić information content (AvgIpc) is 2.95. The molecule has 84 valence electrons. The molecule has 1 rings (SSSR count). The van der Waals surface area contributed by atoms with Gasteiger partial charge in [-0.3, -0.25) is 4.79 Å². The Kier molecular flexibility index (Phi) is 4.57. The van der Waals surface area contributed by atoms with E-state index in [1.54, 1.807) is 6.92 Å². The molecule has 0 aliphatic heterocycles. The van der Waals surface area contributed by atoms with Crippen LogP contribution in [0.3, 0.4) is 0 Å². The molecule has 4 heteroatoms. The fraction of sp³-hybridized carbons (Fsp3) is 0.818. The number of nitriles is 1. The van der Waals surface area contributed by atoms with Gasteiger partial charge in [-0.15, -0.1) is 0 Å². The van der Waals surface area contributed by atoms with E-state index in [1.165, 1.54) is 0 Å². The van der Waals surface area contributed by atoms with Crippen molar-refractivity contribution in [3.63, 3.8) is 0 Å².